The summed E-state index contributed by atoms with van der Waals surface area (Å²) >= 11 is 0. The summed E-state index contributed by atoms with van der Waals surface area (Å²) in [4.78, 5) is 0.228. The highest BCUT2D eigenvalue weighted by atomic mass is 32.2. The minimum atomic E-state index is -3.60. The second kappa shape index (κ2) is 8.36. The Morgan fingerprint density at radius 2 is 1.71 bits per heavy atom. The molecule has 0 radical (unpaired) electrons. The van der Waals surface area contributed by atoms with Gasteiger partial charge in [0.15, 0.2) is 0 Å². The molecule has 0 amide bonds. The lowest BCUT2D eigenvalue weighted by molar-refractivity contribution is 0.219. The van der Waals surface area contributed by atoms with Crippen LogP contribution in [0.2, 0.25) is 0 Å². The normalized spacial score (nSPS) is 12.1. The van der Waals surface area contributed by atoms with Gasteiger partial charge in [0.2, 0.25) is 10.0 Å². The molecule has 0 aromatic heterocycles. The highest BCUT2D eigenvalue weighted by molar-refractivity contribution is 7.89. The molecular formula is C15H25NO4S. The number of ether oxygens (including phenoxy) is 1. The Morgan fingerprint density at radius 3 is 2.14 bits per heavy atom. The van der Waals surface area contributed by atoms with E-state index in [0.29, 0.717) is 25.2 Å². The first-order valence-electron chi connectivity index (χ1n) is 7.36. The quantitative estimate of drug-likeness (QED) is 0.759. The number of hydrogen-bond donors (Lipinski definition) is 1. The molecule has 120 valence electrons. The molecule has 0 aliphatic carbocycles. The van der Waals surface area contributed by atoms with Crippen LogP contribution < -0.4 is 4.74 Å². The summed E-state index contributed by atoms with van der Waals surface area (Å²) in [5.41, 5.74) is 0. The molecule has 1 aromatic carbocycles. The Balaban J connectivity index is 3.09. The van der Waals surface area contributed by atoms with Crippen molar-refractivity contribution in [3.05, 3.63) is 24.3 Å². The smallest absolute Gasteiger partial charge is 0.243 e. The Morgan fingerprint density at radius 1 is 1.14 bits per heavy atom. The highest BCUT2D eigenvalue weighted by Crippen LogP contribution is 2.23. The van der Waals surface area contributed by atoms with Gasteiger partial charge in [-0.15, -0.1) is 0 Å². The molecule has 5 nitrogen and oxygen atoms in total. The van der Waals surface area contributed by atoms with Crippen LogP contribution in [-0.2, 0) is 10.0 Å². The van der Waals surface area contributed by atoms with Crippen molar-refractivity contribution in [1.82, 2.24) is 4.31 Å². The number of aliphatic hydroxyl groups is 1. The first-order valence-corrected chi connectivity index (χ1v) is 8.80. The summed E-state index contributed by atoms with van der Waals surface area (Å²) in [6.07, 6.45) is 1.43. The molecule has 0 unspecified atom stereocenters. The van der Waals surface area contributed by atoms with E-state index in [4.69, 9.17) is 4.74 Å². The van der Waals surface area contributed by atoms with Crippen molar-refractivity contribution < 1.29 is 18.3 Å². The molecule has 0 aliphatic heterocycles. The number of rotatable bonds is 9. The maximum atomic E-state index is 12.7. The monoisotopic (exact) mass is 315 g/mol. The van der Waals surface area contributed by atoms with Gasteiger partial charge in [-0.25, -0.2) is 8.42 Å². The van der Waals surface area contributed by atoms with Crippen LogP contribution in [0.25, 0.3) is 0 Å². The van der Waals surface area contributed by atoms with E-state index < -0.39 is 10.0 Å². The predicted molar refractivity (Wildman–Crippen MR) is 83.0 cm³/mol. The van der Waals surface area contributed by atoms with E-state index in [2.05, 4.69) is 0 Å². The Labute approximate surface area is 127 Å². The molecule has 0 spiro atoms. The van der Waals surface area contributed by atoms with Crippen molar-refractivity contribution in [1.29, 1.82) is 0 Å². The van der Waals surface area contributed by atoms with Crippen LogP contribution in [0.3, 0.4) is 0 Å². The lowest BCUT2D eigenvalue weighted by Crippen LogP contribution is -2.41. The summed E-state index contributed by atoms with van der Waals surface area (Å²) < 4.78 is 32.2. The minimum absolute atomic E-state index is 0.103. The van der Waals surface area contributed by atoms with Crippen LogP contribution >= 0.6 is 0 Å². The first-order chi connectivity index (χ1) is 10.0. The van der Waals surface area contributed by atoms with Crippen molar-refractivity contribution in [3.63, 3.8) is 0 Å². The zero-order valence-electron chi connectivity index (χ0n) is 12.9. The van der Waals surface area contributed by atoms with Crippen LogP contribution in [0, 0.1) is 0 Å². The summed E-state index contributed by atoms with van der Waals surface area (Å²) in [5.74, 6) is 0.646. The van der Waals surface area contributed by atoms with Crippen LogP contribution in [0.1, 0.15) is 33.6 Å². The number of hydrogen-bond acceptors (Lipinski definition) is 4. The molecule has 0 aliphatic rings. The minimum Gasteiger partial charge on any atom is -0.494 e. The summed E-state index contributed by atoms with van der Waals surface area (Å²) in [7, 11) is -3.60. The predicted octanol–water partition coefficient (Wildman–Crippen LogP) is 2.26. The Kier molecular flexibility index (Phi) is 7.14. The highest BCUT2D eigenvalue weighted by Gasteiger charge is 2.29. The van der Waals surface area contributed by atoms with Gasteiger partial charge in [0, 0.05) is 12.6 Å². The molecule has 0 atom stereocenters. The molecular weight excluding hydrogens is 290 g/mol. The standard InChI is InChI=1S/C15H25NO4S/c1-4-13(5-2)16(11-12-17)21(18,19)15-9-7-14(8-10-15)20-6-3/h7-10,13,17H,4-6,11-12H2,1-3H3. The van der Waals surface area contributed by atoms with Gasteiger partial charge in [-0.2, -0.15) is 4.31 Å². The third kappa shape index (κ3) is 4.43. The first kappa shape index (κ1) is 17.9. The van der Waals surface area contributed by atoms with Crippen molar-refractivity contribution in [2.75, 3.05) is 19.8 Å². The zero-order valence-corrected chi connectivity index (χ0v) is 13.8. The molecule has 0 bridgehead atoms. The lowest BCUT2D eigenvalue weighted by Gasteiger charge is -2.29. The molecule has 0 saturated heterocycles. The van der Waals surface area contributed by atoms with Crippen LogP contribution in [0.4, 0.5) is 0 Å². The van der Waals surface area contributed by atoms with Gasteiger partial charge in [0.05, 0.1) is 18.1 Å². The van der Waals surface area contributed by atoms with Crippen LogP contribution in [0.5, 0.6) is 5.75 Å². The molecule has 21 heavy (non-hydrogen) atoms. The van der Waals surface area contributed by atoms with Gasteiger partial charge in [0.25, 0.3) is 0 Å². The van der Waals surface area contributed by atoms with Crippen molar-refractivity contribution >= 4 is 10.0 Å². The van der Waals surface area contributed by atoms with E-state index in [0.717, 1.165) is 0 Å². The van der Waals surface area contributed by atoms with Crippen molar-refractivity contribution in [2.24, 2.45) is 0 Å². The van der Waals surface area contributed by atoms with E-state index in [1.54, 1.807) is 24.3 Å². The SMILES string of the molecule is CCOc1ccc(S(=O)(=O)N(CCO)C(CC)CC)cc1. The lowest BCUT2D eigenvalue weighted by atomic mass is 10.2. The van der Waals surface area contributed by atoms with Gasteiger partial charge in [-0.05, 0) is 44.0 Å². The summed E-state index contributed by atoms with van der Waals surface area (Å²) in [6.45, 7) is 6.24. The van der Waals surface area contributed by atoms with Crippen molar-refractivity contribution in [3.8, 4) is 5.75 Å². The molecule has 0 fully saturated rings. The van der Waals surface area contributed by atoms with E-state index in [1.807, 2.05) is 20.8 Å². The van der Waals surface area contributed by atoms with Crippen molar-refractivity contribution in [2.45, 2.75) is 44.6 Å². The Hall–Kier alpha value is -1.11. The fourth-order valence-corrected chi connectivity index (χ4v) is 4.07. The number of nitrogens with zero attached hydrogens (tertiary/aromatic N) is 1. The number of sulfonamides is 1. The topological polar surface area (TPSA) is 66.8 Å². The van der Waals surface area contributed by atoms with Crippen LogP contribution in [0.15, 0.2) is 29.2 Å². The number of benzene rings is 1. The second-order valence-corrected chi connectivity index (χ2v) is 6.60. The molecule has 0 heterocycles. The van der Waals surface area contributed by atoms with Gasteiger partial charge in [-0.3, -0.25) is 0 Å². The van der Waals surface area contributed by atoms with Crippen LogP contribution in [-0.4, -0.2) is 43.6 Å². The third-order valence-corrected chi connectivity index (χ3v) is 5.38. The molecule has 6 heteroatoms. The zero-order chi connectivity index (χ0) is 15.9. The Bertz CT molecular complexity index is 509. The molecule has 0 saturated carbocycles. The largest absolute Gasteiger partial charge is 0.494 e. The van der Waals surface area contributed by atoms with E-state index in [-0.39, 0.29) is 24.1 Å². The third-order valence-electron chi connectivity index (χ3n) is 3.41. The molecule has 1 aromatic rings. The van der Waals surface area contributed by atoms with Gasteiger partial charge >= 0.3 is 0 Å². The fraction of sp³-hybridized carbons (Fsp3) is 0.600. The molecule has 1 N–H and O–H groups in total. The van der Waals surface area contributed by atoms with Gasteiger partial charge in [0.1, 0.15) is 5.75 Å². The summed E-state index contributed by atoms with van der Waals surface area (Å²) in [5, 5.41) is 9.17. The maximum absolute atomic E-state index is 12.7. The van der Waals surface area contributed by atoms with Gasteiger partial charge < -0.3 is 9.84 Å². The average Bonchev–Trinajstić information content (AvgIpc) is 2.48. The second-order valence-electron chi connectivity index (χ2n) is 4.71. The fourth-order valence-electron chi connectivity index (χ4n) is 2.30. The van der Waals surface area contributed by atoms with E-state index in [1.165, 1.54) is 4.31 Å². The van der Waals surface area contributed by atoms with Gasteiger partial charge in [-0.1, -0.05) is 13.8 Å². The summed E-state index contributed by atoms with van der Waals surface area (Å²) in [6, 6.07) is 6.30. The molecule has 1 rings (SSSR count). The maximum Gasteiger partial charge on any atom is 0.243 e. The van der Waals surface area contributed by atoms with E-state index >= 15 is 0 Å². The average molecular weight is 315 g/mol. The van der Waals surface area contributed by atoms with E-state index in [9.17, 15) is 13.5 Å². The number of aliphatic hydroxyl groups excluding tert-OH is 1.